The van der Waals surface area contributed by atoms with Crippen molar-refractivity contribution in [3.05, 3.63) is 18.2 Å². The third-order valence-corrected chi connectivity index (χ3v) is 3.28. The zero-order valence-corrected chi connectivity index (χ0v) is 9.83. The van der Waals surface area contributed by atoms with Crippen LogP contribution in [0, 0.1) is 5.82 Å². The average Bonchev–Trinajstić information content (AvgIpc) is 2.55. The summed E-state index contributed by atoms with van der Waals surface area (Å²) in [6.45, 7) is 0.906. The van der Waals surface area contributed by atoms with Gasteiger partial charge in [0.25, 0.3) is 0 Å². The second kappa shape index (κ2) is 5.43. The molecule has 0 radical (unpaired) electrons. The number of alkyl halides is 1. The number of hydrogen-bond acceptors (Lipinski definition) is 3. The number of rotatable bonds is 2. The third kappa shape index (κ3) is 2.61. The van der Waals surface area contributed by atoms with Crippen molar-refractivity contribution in [3.63, 3.8) is 0 Å². The predicted octanol–water partition coefficient (Wildman–Crippen LogP) is 2.60. The van der Waals surface area contributed by atoms with Gasteiger partial charge in [-0.3, -0.25) is 0 Å². The van der Waals surface area contributed by atoms with Gasteiger partial charge in [-0.1, -0.05) is 12.8 Å². The molecule has 1 aromatic heterocycles. The van der Waals surface area contributed by atoms with E-state index in [2.05, 4.69) is 14.9 Å². The van der Waals surface area contributed by atoms with E-state index in [4.69, 9.17) is 11.6 Å². The fraction of sp³-hybridized carbons (Fsp3) is 0.636. The molecular weight excluding hydrogens is 229 g/mol. The van der Waals surface area contributed by atoms with E-state index in [0.717, 1.165) is 19.4 Å². The molecule has 0 spiro atoms. The highest BCUT2D eigenvalue weighted by Gasteiger charge is 2.22. The topological polar surface area (TPSA) is 29.0 Å². The Labute approximate surface area is 99.6 Å². The van der Waals surface area contributed by atoms with Gasteiger partial charge in [0.05, 0.1) is 12.4 Å². The van der Waals surface area contributed by atoms with Crippen LogP contribution in [0.15, 0.2) is 12.4 Å². The highest BCUT2D eigenvalue weighted by molar-refractivity contribution is 6.18. The van der Waals surface area contributed by atoms with Crippen LogP contribution in [0.3, 0.4) is 0 Å². The van der Waals surface area contributed by atoms with Crippen molar-refractivity contribution in [1.82, 2.24) is 9.97 Å². The molecule has 1 unspecified atom stereocenters. The van der Waals surface area contributed by atoms with Crippen LogP contribution in [0.4, 0.5) is 10.3 Å². The molecular formula is C11H15ClFN3. The number of aromatic nitrogens is 2. The first-order valence-corrected chi connectivity index (χ1v) is 6.15. The summed E-state index contributed by atoms with van der Waals surface area (Å²) in [7, 11) is 0. The van der Waals surface area contributed by atoms with Gasteiger partial charge in [-0.2, -0.15) is 0 Å². The van der Waals surface area contributed by atoms with Crippen LogP contribution in [-0.4, -0.2) is 28.4 Å². The van der Waals surface area contributed by atoms with E-state index in [1.54, 1.807) is 0 Å². The van der Waals surface area contributed by atoms with Gasteiger partial charge in [0.15, 0.2) is 5.82 Å². The van der Waals surface area contributed by atoms with E-state index in [-0.39, 0.29) is 6.04 Å². The fourth-order valence-corrected chi connectivity index (χ4v) is 2.38. The zero-order valence-electron chi connectivity index (χ0n) is 9.07. The molecule has 5 heteroatoms. The van der Waals surface area contributed by atoms with Crippen molar-refractivity contribution in [2.24, 2.45) is 0 Å². The number of hydrogen-bond donors (Lipinski definition) is 0. The summed E-state index contributed by atoms with van der Waals surface area (Å²) in [6, 6.07) is 0.273. The number of halogens is 2. The summed E-state index contributed by atoms with van der Waals surface area (Å²) in [4.78, 5) is 10.1. The molecule has 0 aliphatic carbocycles. The Bertz CT molecular complexity index is 331. The average molecular weight is 244 g/mol. The monoisotopic (exact) mass is 243 g/mol. The van der Waals surface area contributed by atoms with Crippen molar-refractivity contribution >= 4 is 17.5 Å². The van der Waals surface area contributed by atoms with Crippen LogP contribution in [0.2, 0.25) is 0 Å². The molecule has 1 aromatic rings. The van der Waals surface area contributed by atoms with E-state index in [1.807, 2.05) is 0 Å². The summed E-state index contributed by atoms with van der Waals surface area (Å²) in [6.07, 6.45) is 7.00. The summed E-state index contributed by atoms with van der Waals surface area (Å²) in [5.74, 6) is 0.760. The van der Waals surface area contributed by atoms with Crippen molar-refractivity contribution in [2.75, 3.05) is 17.3 Å². The van der Waals surface area contributed by atoms with Crippen molar-refractivity contribution in [2.45, 2.75) is 31.7 Å². The predicted molar refractivity (Wildman–Crippen MR) is 62.3 cm³/mol. The summed E-state index contributed by atoms with van der Waals surface area (Å²) < 4.78 is 12.7. The van der Waals surface area contributed by atoms with E-state index in [1.165, 1.54) is 25.2 Å². The first kappa shape index (κ1) is 11.6. The fourth-order valence-electron chi connectivity index (χ4n) is 2.05. The molecule has 1 atom stereocenters. The molecule has 88 valence electrons. The molecule has 0 bridgehead atoms. The normalized spacial score (nSPS) is 21.9. The minimum Gasteiger partial charge on any atom is -0.337 e. The van der Waals surface area contributed by atoms with Crippen LogP contribution >= 0.6 is 11.6 Å². The lowest BCUT2D eigenvalue weighted by Gasteiger charge is -2.28. The number of nitrogens with zero attached hydrogens (tertiary/aromatic N) is 3. The molecule has 16 heavy (non-hydrogen) atoms. The third-order valence-electron chi connectivity index (χ3n) is 2.92. The molecule has 2 rings (SSSR count). The van der Waals surface area contributed by atoms with Crippen molar-refractivity contribution in [1.29, 1.82) is 0 Å². The maximum Gasteiger partial charge on any atom is 0.225 e. The van der Waals surface area contributed by atoms with Crippen molar-refractivity contribution in [3.8, 4) is 0 Å². The zero-order chi connectivity index (χ0) is 11.4. The lowest BCUT2D eigenvalue weighted by atomic mass is 10.1. The molecule has 1 fully saturated rings. The van der Waals surface area contributed by atoms with Crippen LogP contribution < -0.4 is 4.90 Å². The van der Waals surface area contributed by atoms with Crippen LogP contribution in [-0.2, 0) is 0 Å². The van der Waals surface area contributed by atoms with Crippen LogP contribution in [0.5, 0.6) is 0 Å². The SMILES string of the molecule is Fc1cnc(N2CCCCCC2CCl)nc1. The molecule has 1 saturated heterocycles. The van der Waals surface area contributed by atoms with Gasteiger partial charge in [-0.05, 0) is 12.8 Å². The molecule has 1 aliphatic heterocycles. The smallest absolute Gasteiger partial charge is 0.225 e. The molecule has 0 aromatic carbocycles. The summed E-state index contributed by atoms with van der Waals surface area (Å²) in [5, 5.41) is 0. The lowest BCUT2D eigenvalue weighted by Crippen LogP contribution is -2.37. The van der Waals surface area contributed by atoms with Gasteiger partial charge in [0.1, 0.15) is 0 Å². The maximum atomic E-state index is 12.7. The van der Waals surface area contributed by atoms with E-state index >= 15 is 0 Å². The van der Waals surface area contributed by atoms with Gasteiger partial charge in [-0.15, -0.1) is 11.6 Å². The van der Waals surface area contributed by atoms with Gasteiger partial charge in [0, 0.05) is 18.5 Å². The van der Waals surface area contributed by atoms with Crippen LogP contribution in [0.1, 0.15) is 25.7 Å². The maximum absolute atomic E-state index is 12.7. The Morgan fingerprint density at radius 3 is 2.75 bits per heavy atom. The van der Waals surface area contributed by atoms with Gasteiger partial charge in [-0.25, -0.2) is 14.4 Å². The standard InChI is InChI=1S/C11H15ClFN3/c12-6-10-4-2-1-3-5-16(10)11-14-7-9(13)8-15-11/h7-8,10H,1-6H2. The Morgan fingerprint density at radius 2 is 2.06 bits per heavy atom. The lowest BCUT2D eigenvalue weighted by molar-refractivity contribution is 0.591. The Balaban J connectivity index is 2.18. The minimum atomic E-state index is -0.402. The van der Waals surface area contributed by atoms with E-state index in [0.29, 0.717) is 11.8 Å². The molecule has 0 saturated carbocycles. The highest BCUT2D eigenvalue weighted by atomic mass is 35.5. The second-order valence-electron chi connectivity index (χ2n) is 4.05. The molecule has 0 N–H and O–H groups in total. The Morgan fingerprint density at radius 1 is 1.31 bits per heavy atom. The summed E-state index contributed by atoms with van der Waals surface area (Å²) in [5.41, 5.74) is 0. The van der Waals surface area contributed by atoms with E-state index < -0.39 is 5.82 Å². The van der Waals surface area contributed by atoms with Gasteiger partial charge in [0.2, 0.25) is 5.95 Å². The van der Waals surface area contributed by atoms with Crippen molar-refractivity contribution < 1.29 is 4.39 Å². The second-order valence-corrected chi connectivity index (χ2v) is 4.36. The Hall–Kier alpha value is -0.900. The highest BCUT2D eigenvalue weighted by Crippen LogP contribution is 2.21. The van der Waals surface area contributed by atoms with Gasteiger partial charge >= 0.3 is 0 Å². The minimum absolute atomic E-state index is 0.273. The van der Waals surface area contributed by atoms with Crippen LogP contribution in [0.25, 0.3) is 0 Å². The molecule has 0 amide bonds. The quantitative estimate of drug-likeness (QED) is 0.748. The summed E-state index contributed by atoms with van der Waals surface area (Å²) >= 11 is 5.96. The first-order valence-electron chi connectivity index (χ1n) is 5.61. The molecule has 3 nitrogen and oxygen atoms in total. The largest absolute Gasteiger partial charge is 0.337 e. The van der Waals surface area contributed by atoms with Gasteiger partial charge < -0.3 is 4.90 Å². The first-order chi connectivity index (χ1) is 7.81. The molecule has 2 heterocycles. The number of anilines is 1. The molecule has 1 aliphatic rings. The Kier molecular flexibility index (Phi) is 3.93. The van der Waals surface area contributed by atoms with E-state index in [9.17, 15) is 4.39 Å².